The van der Waals surface area contributed by atoms with Crippen LogP contribution in [0.15, 0.2) is 46.5 Å². The molecule has 1 aliphatic rings. The zero-order valence-electron chi connectivity index (χ0n) is 17.7. The summed E-state index contributed by atoms with van der Waals surface area (Å²) in [6.45, 7) is 3.37. The Morgan fingerprint density at radius 3 is 2.72 bits per heavy atom. The quantitative estimate of drug-likeness (QED) is 0.376. The standard InChI is InChI=1S/C22H22N2O8/c1-4-30-20(26)13(2)31-15-7-5-6-14(10-15)11-17-19(25)24(22(28)23-17)12-16-8-9-18(32-16)21(27)29-3/h5-11,13H,4,12H2,1-3H3,(H,23,28)/b17-11-/t13-/m0/s1. The molecule has 3 amide bonds. The first-order chi connectivity index (χ1) is 15.3. The molecule has 2 heterocycles. The Morgan fingerprint density at radius 1 is 1.22 bits per heavy atom. The lowest BCUT2D eigenvalue weighted by molar-refractivity contribution is -0.150. The Hall–Kier alpha value is -4.08. The Kier molecular flexibility index (Phi) is 6.93. The van der Waals surface area contributed by atoms with E-state index in [0.29, 0.717) is 11.3 Å². The van der Waals surface area contributed by atoms with E-state index < -0.39 is 30.0 Å². The minimum Gasteiger partial charge on any atom is -0.479 e. The maximum absolute atomic E-state index is 12.7. The van der Waals surface area contributed by atoms with Crippen LogP contribution in [0.4, 0.5) is 4.79 Å². The van der Waals surface area contributed by atoms with Crippen LogP contribution in [-0.2, 0) is 25.6 Å². The van der Waals surface area contributed by atoms with Crippen LogP contribution in [0.3, 0.4) is 0 Å². The van der Waals surface area contributed by atoms with E-state index in [-0.39, 0.29) is 30.4 Å². The second-order valence-corrected chi connectivity index (χ2v) is 6.72. The lowest BCUT2D eigenvalue weighted by Gasteiger charge is -2.13. The number of hydrogen-bond donors (Lipinski definition) is 1. The maximum atomic E-state index is 12.7. The highest BCUT2D eigenvalue weighted by molar-refractivity contribution is 6.13. The Labute approximate surface area is 183 Å². The molecule has 1 aromatic carbocycles. The smallest absolute Gasteiger partial charge is 0.373 e. The van der Waals surface area contributed by atoms with Crippen LogP contribution in [0.2, 0.25) is 0 Å². The number of furan rings is 1. The number of nitrogens with one attached hydrogen (secondary N) is 1. The number of methoxy groups -OCH3 is 1. The summed E-state index contributed by atoms with van der Waals surface area (Å²) >= 11 is 0. The first-order valence-electron chi connectivity index (χ1n) is 9.77. The van der Waals surface area contributed by atoms with Crippen LogP contribution in [0.25, 0.3) is 6.08 Å². The van der Waals surface area contributed by atoms with E-state index in [2.05, 4.69) is 10.1 Å². The van der Waals surface area contributed by atoms with Crippen molar-refractivity contribution in [2.24, 2.45) is 0 Å². The van der Waals surface area contributed by atoms with E-state index in [1.54, 1.807) is 38.1 Å². The molecule has 1 atom stereocenters. The monoisotopic (exact) mass is 442 g/mol. The van der Waals surface area contributed by atoms with Gasteiger partial charge in [0, 0.05) is 0 Å². The summed E-state index contributed by atoms with van der Waals surface area (Å²) < 4.78 is 20.4. The van der Waals surface area contributed by atoms with E-state index in [4.69, 9.17) is 13.9 Å². The van der Waals surface area contributed by atoms with Crippen molar-refractivity contribution < 1.29 is 37.8 Å². The van der Waals surface area contributed by atoms with Gasteiger partial charge in [-0.2, -0.15) is 0 Å². The van der Waals surface area contributed by atoms with Crippen molar-refractivity contribution in [2.45, 2.75) is 26.5 Å². The number of amides is 3. The number of imide groups is 1. The summed E-state index contributed by atoms with van der Waals surface area (Å²) in [5.41, 5.74) is 0.639. The van der Waals surface area contributed by atoms with Gasteiger partial charge in [0.1, 0.15) is 17.2 Å². The molecular weight excluding hydrogens is 420 g/mol. The van der Waals surface area contributed by atoms with Crippen molar-refractivity contribution in [3.05, 3.63) is 59.2 Å². The van der Waals surface area contributed by atoms with E-state index in [0.717, 1.165) is 4.90 Å². The topological polar surface area (TPSA) is 124 Å². The van der Waals surface area contributed by atoms with Gasteiger partial charge in [0.2, 0.25) is 5.76 Å². The van der Waals surface area contributed by atoms with Crippen molar-refractivity contribution in [3.8, 4) is 5.75 Å². The largest absolute Gasteiger partial charge is 0.479 e. The van der Waals surface area contributed by atoms with Crippen molar-refractivity contribution in [2.75, 3.05) is 13.7 Å². The minimum atomic E-state index is -0.802. The van der Waals surface area contributed by atoms with Gasteiger partial charge in [-0.15, -0.1) is 0 Å². The summed E-state index contributed by atoms with van der Waals surface area (Å²) in [5, 5.41) is 2.51. The normalized spacial score (nSPS) is 15.5. The van der Waals surface area contributed by atoms with Crippen molar-refractivity contribution in [1.29, 1.82) is 0 Å². The van der Waals surface area contributed by atoms with Gasteiger partial charge in [-0.25, -0.2) is 14.4 Å². The lowest BCUT2D eigenvalue weighted by atomic mass is 10.1. The second kappa shape index (κ2) is 9.82. The molecule has 0 radical (unpaired) electrons. The van der Waals surface area contributed by atoms with Gasteiger partial charge in [-0.1, -0.05) is 12.1 Å². The van der Waals surface area contributed by atoms with Crippen LogP contribution in [-0.4, -0.2) is 48.6 Å². The predicted molar refractivity (Wildman–Crippen MR) is 110 cm³/mol. The van der Waals surface area contributed by atoms with Gasteiger partial charge in [-0.3, -0.25) is 9.69 Å². The van der Waals surface area contributed by atoms with Crippen LogP contribution < -0.4 is 10.1 Å². The first-order valence-corrected chi connectivity index (χ1v) is 9.77. The summed E-state index contributed by atoms with van der Waals surface area (Å²) in [6.07, 6.45) is 0.689. The van der Waals surface area contributed by atoms with Crippen molar-refractivity contribution in [1.82, 2.24) is 10.2 Å². The van der Waals surface area contributed by atoms with E-state index in [1.807, 2.05) is 0 Å². The number of nitrogens with zero attached hydrogens (tertiary/aromatic N) is 1. The molecule has 0 bridgehead atoms. The summed E-state index contributed by atoms with van der Waals surface area (Å²) in [7, 11) is 1.22. The SMILES string of the molecule is CCOC(=O)[C@H](C)Oc1cccc(/C=C2\NC(=O)N(Cc3ccc(C(=O)OC)o3)C2=O)c1. The maximum Gasteiger partial charge on any atom is 0.373 e. The summed E-state index contributed by atoms with van der Waals surface area (Å²) in [6, 6.07) is 8.95. The third kappa shape index (κ3) is 5.15. The molecule has 1 saturated heterocycles. The van der Waals surface area contributed by atoms with Crippen LogP contribution in [0.5, 0.6) is 5.75 Å². The summed E-state index contributed by atoms with van der Waals surface area (Å²) in [4.78, 5) is 49.2. The van der Waals surface area contributed by atoms with Gasteiger partial charge in [0.05, 0.1) is 20.3 Å². The molecule has 0 unspecified atom stereocenters. The second-order valence-electron chi connectivity index (χ2n) is 6.72. The molecule has 1 aliphatic heterocycles. The number of benzene rings is 1. The minimum absolute atomic E-state index is 0.0285. The Morgan fingerprint density at radius 2 is 2.00 bits per heavy atom. The fourth-order valence-corrected chi connectivity index (χ4v) is 2.90. The Bertz CT molecular complexity index is 1070. The molecule has 10 nitrogen and oxygen atoms in total. The molecule has 1 aromatic heterocycles. The fourth-order valence-electron chi connectivity index (χ4n) is 2.90. The molecule has 0 saturated carbocycles. The molecule has 0 spiro atoms. The third-order valence-electron chi connectivity index (χ3n) is 4.42. The number of rotatable bonds is 8. The molecule has 10 heteroatoms. The molecule has 2 aromatic rings. The number of urea groups is 1. The van der Waals surface area contributed by atoms with Gasteiger partial charge < -0.3 is 23.9 Å². The van der Waals surface area contributed by atoms with E-state index >= 15 is 0 Å². The van der Waals surface area contributed by atoms with Gasteiger partial charge in [0.25, 0.3) is 5.91 Å². The van der Waals surface area contributed by atoms with Crippen LogP contribution in [0, 0.1) is 0 Å². The fraction of sp³-hybridized carbons (Fsp3) is 0.273. The average molecular weight is 442 g/mol. The van der Waals surface area contributed by atoms with Gasteiger partial charge in [-0.05, 0) is 49.8 Å². The molecule has 32 heavy (non-hydrogen) atoms. The number of carbonyl (C=O) groups excluding carboxylic acids is 4. The zero-order valence-corrected chi connectivity index (χ0v) is 17.7. The van der Waals surface area contributed by atoms with E-state index in [1.165, 1.54) is 25.3 Å². The van der Waals surface area contributed by atoms with Gasteiger partial charge >= 0.3 is 18.0 Å². The first kappa shape index (κ1) is 22.6. The third-order valence-corrected chi connectivity index (χ3v) is 4.42. The van der Waals surface area contributed by atoms with Crippen molar-refractivity contribution in [3.63, 3.8) is 0 Å². The number of carbonyl (C=O) groups is 4. The predicted octanol–water partition coefficient (Wildman–Crippen LogP) is 2.49. The lowest BCUT2D eigenvalue weighted by Crippen LogP contribution is -2.30. The van der Waals surface area contributed by atoms with Crippen molar-refractivity contribution >= 4 is 30.0 Å². The molecule has 1 fully saturated rings. The molecular formula is C22H22N2O8. The molecule has 1 N–H and O–H groups in total. The number of ether oxygens (including phenoxy) is 3. The number of esters is 2. The average Bonchev–Trinajstić information content (AvgIpc) is 3.34. The number of hydrogen-bond acceptors (Lipinski definition) is 8. The Balaban J connectivity index is 1.71. The van der Waals surface area contributed by atoms with E-state index in [9.17, 15) is 19.2 Å². The molecule has 3 rings (SSSR count). The molecule has 168 valence electrons. The summed E-state index contributed by atoms with van der Waals surface area (Å²) in [5.74, 6) is -1.08. The van der Waals surface area contributed by atoms with Crippen LogP contribution in [0.1, 0.15) is 35.7 Å². The highest BCUT2D eigenvalue weighted by Crippen LogP contribution is 2.21. The highest BCUT2D eigenvalue weighted by Gasteiger charge is 2.34. The molecule has 0 aliphatic carbocycles. The highest BCUT2D eigenvalue weighted by atomic mass is 16.6. The van der Waals surface area contributed by atoms with Crippen LogP contribution >= 0.6 is 0 Å². The van der Waals surface area contributed by atoms with Gasteiger partial charge in [0.15, 0.2) is 6.10 Å². The zero-order chi connectivity index (χ0) is 23.3.